The molecule has 0 saturated carbocycles. The number of amides is 1. The highest BCUT2D eigenvalue weighted by molar-refractivity contribution is 14.0. The molecule has 9 nitrogen and oxygen atoms in total. The van der Waals surface area contributed by atoms with Gasteiger partial charge >= 0.3 is 6.09 Å². The van der Waals surface area contributed by atoms with Crippen molar-refractivity contribution in [2.75, 3.05) is 40.8 Å². The van der Waals surface area contributed by atoms with Crippen LogP contribution in [-0.2, 0) is 11.8 Å². The molecule has 1 aliphatic heterocycles. The van der Waals surface area contributed by atoms with Crippen LogP contribution in [0.4, 0.5) is 4.79 Å². The van der Waals surface area contributed by atoms with Gasteiger partial charge in [-0.25, -0.2) is 4.79 Å². The minimum absolute atomic E-state index is 0. The molecule has 0 radical (unpaired) electrons. The van der Waals surface area contributed by atoms with E-state index >= 15 is 0 Å². The summed E-state index contributed by atoms with van der Waals surface area (Å²) in [4.78, 5) is 20.7. The van der Waals surface area contributed by atoms with E-state index < -0.39 is 5.60 Å². The number of aliphatic imine (C=N–C) groups is 1. The largest absolute Gasteiger partial charge is 0.444 e. The fraction of sp³-hybridized carbons (Fsp3) is 0.737. The van der Waals surface area contributed by atoms with E-state index in [1.807, 2.05) is 44.9 Å². The quantitative estimate of drug-likeness (QED) is 0.349. The SMILES string of the molecule is CN=C(NCC(c1cnn(C)c1)N(C)C)N1CCC(NC(=O)OC(C)(C)C)C1.I. The van der Waals surface area contributed by atoms with Crippen LogP contribution in [0.2, 0.25) is 0 Å². The van der Waals surface area contributed by atoms with Gasteiger partial charge < -0.3 is 25.2 Å². The number of hydrogen-bond acceptors (Lipinski definition) is 5. The number of guanidine groups is 1. The first kappa shape index (κ1) is 25.5. The van der Waals surface area contributed by atoms with Crippen molar-refractivity contribution in [1.29, 1.82) is 0 Å². The van der Waals surface area contributed by atoms with E-state index in [1.54, 1.807) is 7.05 Å². The number of likely N-dealkylation sites (tertiary alicyclic amines) is 1. The van der Waals surface area contributed by atoms with E-state index in [2.05, 4.69) is 44.6 Å². The van der Waals surface area contributed by atoms with E-state index in [0.717, 1.165) is 24.5 Å². The standard InChI is InChI=1S/C19H35N7O2.HI/c1-19(2,3)28-18(27)23-15-8-9-26(13-15)17(20-4)21-11-16(24(5)6)14-10-22-25(7)12-14;/h10,12,15-16H,8-9,11,13H2,1-7H3,(H,20,21)(H,23,27);1H. The highest BCUT2D eigenvalue weighted by Crippen LogP contribution is 2.17. The number of aryl methyl sites for hydroxylation is 1. The lowest BCUT2D eigenvalue weighted by molar-refractivity contribution is 0.0507. The predicted octanol–water partition coefficient (Wildman–Crippen LogP) is 1.82. The van der Waals surface area contributed by atoms with Gasteiger partial charge in [-0.1, -0.05) is 0 Å². The van der Waals surface area contributed by atoms with Crippen LogP contribution in [0.15, 0.2) is 17.4 Å². The van der Waals surface area contributed by atoms with Crippen molar-refractivity contribution < 1.29 is 9.53 Å². The van der Waals surface area contributed by atoms with Crippen molar-refractivity contribution >= 4 is 36.0 Å². The Balaban J connectivity index is 0.00000420. The summed E-state index contributed by atoms with van der Waals surface area (Å²) in [6, 6.07) is 0.236. The first-order valence-corrected chi connectivity index (χ1v) is 9.69. The maximum Gasteiger partial charge on any atom is 0.407 e. The number of hydrogen-bond donors (Lipinski definition) is 2. The number of halogens is 1. The molecule has 2 rings (SSSR count). The normalized spacial score (nSPS) is 18.4. The zero-order valence-electron chi connectivity index (χ0n) is 18.6. The molecular weight excluding hydrogens is 485 g/mol. The number of carbonyl (C=O) groups excluding carboxylic acids is 1. The fourth-order valence-electron chi connectivity index (χ4n) is 3.28. The lowest BCUT2D eigenvalue weighted by Crippen LogP contribution is -2.45. The van der Waals surface area contributed by atoms with Gasteiger partial charge in [-0.3, -0.25) is 9.67 Å². The second kappa shape index (κ2) is 11.0. The Labute approximate surface area is 191 Å². The Morgan fingerprint density at radius 1 is 1.45 bits per heavy atom. The number of nitrogens with zero attached hydrogens (tertiary/aromatic N) is 5. The highest BCUT2D eigenvalue weighted by atomic mass is 127. The number of aromatic nitrogens is 2. The Morgan fingerprint density at radius 3 is 2.66 bits per heavy atom. The summed E-state index contributed by atoms with van der Waals surface area (Å²) in [6.07, 6.45) is 4.42. The smallest absolute Gasteiger partial charge is 0.407 e. The van der Waals surface area contributed by atoms with Crippen LogP contribution in [0.5, 0.6) is 0 Å². The van der Waals surface area contributed by atoms with Gasteiger partial charge in [0.2, 0.25) is 0 Å². The zero-order valence-corrected chi connectivity index (χ0v) is 20.9. The molecule has 166 valence electrons. The van der Waals surface area contributed by atoms with E-state index in [0.29, 0.717) is 13.1 Å². The van der Waals surface area contributed by atoms with Gasteiger partial charge in [0.25, 0.3) is 0 Å². The monoisotopic (exact) mass is 521 g/mol. The van der Waals surface area contributed by atoms with Crippen molar-refractivity contribution in [3.8, 4) is 0 Å². The minimum Gasteiger partial charge on any atom is -0.444 e. The molecule has 1 aromatic heterocycles. The average Bonchev–Trinajstić information content (AvgIpc) is 3.18. The molecule has 1 saturated heterocycles. The Morgan fingerprint density at radius 2 is 2.14 bits per heavy atom. The Kier molecular flexibility index (Phi) is 9.66. The topological polar surface area (TPSA) is 87.0 Å². The number of nitrogens with one attached hydrogen (secondary N) is 2. The summed E-state index contributed by atoms with van der Waals surface area (Å²) in [6.45, 7) is 7.85. The predicted molar refractivity (Wildman–Crippen MR) is 126 cm³/mol. The maximum atomic E-state index is 12.0. The average molecular weight is 521 g/mol. The zero-order chi connectivity index (χ0) is 20.9. The molecule has 29 heavy (non-hydrogen) atoms. The second-order valence-electron chi connectivity index (χ2n) is 8.43. The third kappa shape index (κ3) is 8.00. The molecule has 2 heterocycles. The molecule has 1 aliphatic rings. The summed E-state index contributed by atoms with van der Waals surface area (Å²) in [5.41, 5.74) is 0.661. The molecule has 10 heteroatoms. The van der Waals surface area contributed by atoms with E-state index in [-0.39, 0.29) is 42.2 Å². The second-order valence-corrected chi connectivity index (χ2v) is 8.43. The lowest BCUT2D eigenvalue weighted by atomic mass is 10.1. The number of likely N-dealkylation sites (N-methyl/N-ethyl adjacent to an activating group) is 1. The molecule has 2 N–H and O–H groups in total. The van der Waals surface area contributed by atoms with Crippen LogP contribution < -0.4 is 10.6 Å². The summed E-state index contributed by atoms with van der Waals surface area (Å²) in [5.74, 6) is 0.837. The van der Waals surface area contributed by atoms with Gasteiger partial charge in [0.1, 0.15) is 5.60 Å². The van der Waals surface area contributed by atoms with Crippen molar-refractivity contribution in [3.05, 3.63) is 18.0 Å². The van der Waals surface area contributed by atoms with Crippen LogP contribution in [0.25, 0.3) is 0 Å². The first-order chi connectivity index (χ1) is 13.1. The molecule has 1 aromatic rings. The van der Waals surface area contributed by atoms with Crippen LogP contribution in [0.3, 0.4) is 0 Å². The lowest BCUT2D eigenvalue weighted by Gasteiger charge is -2.27. The molecule has 2 unspecified atom stereocenters. The van der Waals surface area contributed by atoms with Gasteiger partial charge in [-0.15, -0.1) is 24.0 Å². The van der Waals surface area contributed by atoms with Crippen molar-refractivity contribution in [1.82, 2.24) is 30.2 Å². The molecule has 0 spiro atoms. The highest BCUT2D eigenvalue weighted by Gasteiger charge is 2.28. The van der Waals surface area contributed by atoms with Gasteiger partial charge in [-0.2, -0.15) is 5.10 Å². The molecule has 1 fully saturated rings. The Hall–Kier alpha value is -1.56. The summed E-state index contributed by atoms with van der Waals surface area (Å²) < 4.78 is 7.16. The maximum absolute atomic E-state index is 12.0. The molecule has 2 atom stereocenters. The van der Waals surface area contributed by atoms with E-state index in [9.17, 15) is 4.79 Å². The van der Waals surface area contributed by atoms with Gasteiger partial charge in [-0.05, 0) is 41.3 Å². The molecule has 0 bridgehead atoms. The van der Waals surface area contributed by atoms with Crippen LogP contribution in [-0.4, -0.2) is 84.1 Å². The minimum atomic E-state index is -0.493. The van der Waals surface area contributed by atoms with Crippen LogP contribution in [0.1, 0.15) is 38.8 Å². The van der Waals surface area contributed by atoms with Crippen LogP contribution in [0, 0.1) is 0 Å². The third-order valence-corrected chi connectivity index (χ3v) is 4.61. The summed E-state index contributed by atoms with van der Waals surface area (Å²) in [5, 5.41) is 10.7. The summed E-state index contributed by atoms with van der Waals surface area (Å²) >= 11 is 0. The van der Waals surface area contributed by atoms with Crippen molar-refractivity contribution in [2.24, 2.45) is 12.0 Å². The molecular formula is C19H36IN7O2. The van der Waals surface area contributed by atoms with Gasteiger partial charge in [0.05, 0.1) is 18.3 Å². The van der Waals surface area contributed by atoms with Gasteiger partial charge in [0, 0.05) is 45.5 Å². The molecule has 1 amide bonds. The van der Waals surface area contributed by atoms with Crippen molar-refractivity contribution in [3.63, 3.8) is 0 Å². The Bertz CT molecular complexity index is 684. The first-order valence-electron chi connectivity index (χ1n) is 9.69. The van der Waals surface area contributed by atoms with Crippen LogP contribution >= 0.6 is 24.0 Å². The summed E-state index contributed by atoms with van der Waals surface area (Å²) in [7, 11) is 7.81. The van der Waals surface area contributed by atoms with Gasteiger partial charge in [0.15, 0.2) is 5.96 Å². The fourth-order valence-corrected chi connectivity index (χ4v) is 3.28. The number of rotatable bonds is 5. The number of carbonyl (C=O) groups is 1. The van der Waals surface area contributed by atoms with E-state index in [1.165, 1.54) is 0 Å². The number of ether oxygens (including phenoxy) is 1. The molecule has 0 aliphatic carbocycles. The third-order valence-electron chi connectivity index (χ3n) is 4.61. The van der Waals surface area contributed by atoms with E-state index in [4.69, 9.17) is 4.74 Å². The number of alkyl carbamates (subject to hydrolysis) is 1. The molecule has 0 aromatic carbocycles. The van der Waals surface area contributed by atoms with Crippen molar-refractivity contribution in [2.45, 2.75) is 44.9 Å².